The average molecular weight is 400 g/mol. The van der Waals surface area contributed by atoms with Gasteiger partial charge in [0, 0.05) is 31.9 Å². The first kappa shape index (κ1) is 19.4. The molecule has 1 aromatic carbocycles. The van der Waals surface area contributed by atoms with Crippen LogP contribution >= 0.6 is 11.6 Å². The molecule has 0 unspecified atom stereocenters. The van der Waals surface area contributed by atoms with E-state index in [0.717, 1.165) is 38.3 Å². The summed E-state index contributed by atoms with van der Waals surface area (Å²) in [6.45, 7) is 3.42. The lowest BCUT2D eigenvalue weighted by Crippen LogP contribution is -2.44. The molecule has 1 fully saturated rings. The van der Waals surface area contributed by atoms with Gasteiger partial charge in [0.1, 0.15) is 0 Å². The van der Waals surface area contributed by atoms with Gasteiger partial charge in [0.2, 0.25) is 0 Å². The first-order chi connectivity index (χ1) is 12.7. The Labute approximate surface area is 158 Å². The lowest BCUT2D eigenvalue weighted by molar-refractivity contribution is -0.137. The lowest BCUT2D eigenvalue weighted by Gasteiger charge is -2.32. The number of likely N-dealkylation sites (N-methyl/N-ethyl adjacent to an activating group) is 1. The number of hydrogen-bond donors (Lipinski definition) is 1. The number of hydrogen-bond acceptors (Lipinski definition) is 5. The Morgan fingerprint density at radius 1 is 1.11 bits per heavy atom. The van der Waals surface area contributed by atoms with Crippen molar-refractivity contribution < 1.29 is 18.0 Å². The summed E-state index contributed by atoms with van der Waals surface area (Å²) in [4.78, 5) is 16.5. The molecule has 27 heavy (non-hydrogen) atoms. The van der Waals surface area contributed by atoms with Crippen LogP contribution in [-0.2, 0) is 6.18 Å². The maximum Gasteiger partial charge on any atom is 0.417 e. The van der Waals surface area contributed by atoms with E-state index in [1.165, 1.54) is 12.1 Å². The largest absolute Gasteiger partial charge is 0.417 e. The van der Waals surface area contributed by atoms with Gasteiger partial charge in [0.25, 0.3) is 5.91 Å². The first-order valence-electron chi connectivity index (χ1n) is 8.19. The summed E-state index contributed by atoms with van der Waals surface area (Å²) in [6.07, 6.45) is -4.61. The van der Waals surface area contributed by atoms with Crippen molar-refractivity contribution in [1.29, 1.82) is 0 Å². The smallest absolute Gasteiger partial charge is 0.353 e. The number of aromatic nitrogens is 2. The van der Waals surface area contributed by atoms with Crippen LogP contribution < -0.4 is 10.2 Å². The maximum absolute atomic E-state index is 12.9. The summed E-state index contributed by atoms with van der Waals surface area (Å²) >= 11 is 5.57. The number of benzene rings is 1. The number of nitrogens with one attached hydrogen (secondary N) is 1. The van der Waals surface area contributed by atoms with Crippen molar-refractivity contribution in [2.45, 2.75) is 6.18 Å². The van der Waals surface area contributed by atoms with Crippen molar-refractivity contribution in [2.24, 2.45) is 0 Å². The Balaban J connectivity index is 1.70. The van der Waals surface area contributed by atoms with E-state index in [9.17, 15) is 18.0 Å². The third kappa shape index (κ3) is 4.67. The van der Waals surface area contributed by atoms with Crippen LogP contribution in [0.3, 0.4) is 0 Å². The van der Waals surface area contributed by atoms with Gasteiger partial charge in [-0.25, -0.2) is 0 Å². The summed E-state index contributed by atoms with van der Waals surface area (Å²) in [5, 5.41) is 9.90. The molecule has 0 bridgehead atoms. The Kier molecular flexibility index (Phi) is 5.52. The van der Waals surface area contributed by atoms with Gasteiger partial charge in [0.05, 0.1) is 10.6 Å². The number of halogens is 4. The predicted octanol–water partition coefficient (Wildman–Crippen LogP) is 3.15. The number of nitrogens with zero attached hydrogens (tertiary/aromatic N) is 4. The molecule has 0 saturated carbocycles. The number of rotatable bonds is 3. The van der Waals surface area contributed by atoms with Crippen LogP contribution in [0.15, 0.2) is 30.3 Å². The molecule has 1 N–H and O–H groups in total. The van der Waals surface area contributed by atoms with Gasteiger partial charge in [0.15, 0.2) is 11.5 Å². The second kappa shape index (κ2) is 7.69. The number of anilines is 2. The molecular weight excluding hydrogens is 383 g/mol. The summed E-state index contributed by atoms with van der Waals surface area (Å²) in [5.74, 6) is 0.00775. The average Bonchev–Trinajstić information content (AvgIpc) is 2.63. The molecule has 1 saturated heterocycles. The molecular formula is C17H17ClF3N5O. The van der Waals surface area contributed by atoms with Crippen molar-refractivity contribution in [3.63, 3.8) is 0 Å². The standard InChI is InChI=1S/C17H17ClF3N5O/c1-25-6-8-26(9-7-25)15-5-4-14(23-24-15)16(27)22-11-2-3-13(18)12(10-11)17(19,20)21/h2-5,10H,6-9H2,1H3,(H,22,27). The van der Waals surface area contributed by atoms with Crippen molar-refractivity contribution >= 4 is 29.0 Å². The van der Waals surface area contributed by atoms with E-state index in [1.54, 1.807) is 6.07 Å². The summed E-state index contributed by atoms with van der Waals surface area (Å²) in [5.41, 5.74) is -1.03. The molecule has 2 aromatic rings. The normalized spacial score (nSPS) is 15.7. The molecule has 1 amide bonds. The first-order valence-corrected chi connectivity index (χ1v) is 8.57. The highest BCUT2D eigenvalue weighted by Crippen LogP contribution is 2.36. The zero-order valence-corrected chi connectivity index (χ0v) is 15.2. The second-order valence-electron chi connectivity index (χ2n) is 6.21. The van der Waals surface area contributed by atoms with Crippen LogP contribution in [-0.4, -0.2) is 54.2 Å². The van der Waals surface area contributed by atoms with Gasteiger partial charge in [-0.2, -0.15) is 13.2 Å². The Hall–Kier alpha value is -2.39. The van der Waals surface area contributed by atoms with E-state index in [1.807, 2.05) is 7.05 Å². The van der Waals surface area contributed by atoms with Crippen molar-refractivity contribution in [3.8, 4) is 0 Å². The SMILES string of the molecule is CN1CCN(c2ccc(C(=O)Nc3ccc(Cl)c(C(F)(F)F)c3)nn2)CC1. The van der Waals surface area contributed by atoms with E-state index in [0.29, 0.717) is 5.82 Å². The van der Waals surface area contributed by atoms with Crippen molar-refractivity contribution in [2.75, 3.05) is 43.4 Å². The van der Waals surface area contributed by atoms with Crippen molar-refractivity contribution in [1.82, 2.24) is 15.1 Å². The van der Waals surface area contributed by atoms with Crippen LogP contribution in [0.5, 0.6) is 0 Å². The van der Waals surface area contributed by atoms with Gasteiger partial charge in [-0.1, -0.05) is 11.6 Å². The van der Waals surface area contributed by atoms with Crippen LogP contribution in [0.25, 0.3) is 0 Å². The fraction of sp³-hybridized carbons (Fsp3) is 0.353. The molecule has 2 heterocycles. The molecule has 0 atom stereocenters. The fourth-order valence-corrected chi connectivity index (χ4v) is 2.89. The minimum atomic E-state index is -4.61. The Bertz CT molecular complexity index is 820. The molecule has 1 aromatic heterocycles. The lowest BCUT2D eigenvalue weighted by atomic mass is 10.2. The molecule has 144 valence electrons. The number of alkyl halides is 3. The third-order valence-electron chi connectivity index (χ3n) is 4.24. The molecule has 0 radical (unpaired) electrons. The highest BCUT2D eigenvalue weighted by atomic mass is 35.5. The van der Waals surface area contributed by atoms with Crippen LogP contribution in [0.1, 0.15) is 16.1 Å². The van der Waals surface area contributed by atoms with Gasteiger partial charge >= 0.3 is 6.18 Å². The van der Waals surface area contributed by atoms with Gasteiger partial charge in [-0.05, 0) is 37.4 Å². The van der Waals surface area contributed by atoms with E-state index in [-0.39, 0.29) is 11.4 Å². The molecule has 1 aliphatic rings. The van der Waals surface area contributed by atoms with Gasteiger partial charge < -0.3 is 15.1 Å². The van der Waals surface area contributed by atoms with E-state index in [2.05, 4.69) is 25.3 Å². The third-order valence-corrected chi connectivity index (χ3v) is 4.57. The zero-order chi connectivity index (χ0) is 19.6. The quantitative estimate of drug-likeness (QED) is 0.859. The number of piperazine rings is 1. The van der Waals surface area contributed by atoms with E-state index in [4.69, 9.17) is 11.6 Å². The maximum atomic E-state index is 12.9. The fourth-order valence-electron chi connectivity index (χ4n) is 2.67. The van der Waals surface area contributed by atoms with Crippen LogP contribution in [0, 0.1) is 0 Å². The highest BCUT2D eigenvalue weighted by Gasteiger charge is 2.33. The van der Waals surface area contributed by atoms with Crippen LogP contribution in [0.2, 0.25) is 5.02 Å². The van der Waals surface area contributed by atoms with Gasteiger partial charge in [-0.3, -0.25) is 4.79 Å². The second-order valence-corrected chi connectivity index (χ2v) is 6.62. The monoisotopic (exact) mass is 399 g/mol. The predicted molar refractivity (Wildman–Crippen MR) is 96.1 cm³/mol. The molecule has 0 aliphatic carbocycles. The summed E-state index contributed by atoms with van der Waals surface area (Å²) in [6, 6.07) is 6.34. The molecule has 3 rings (SSSR count). The van der Waals surface area contributed by atoms with E-state index >= 15 is 0 Å². The zero-order valence-electron chi connectivity index (χ0n) is 14.4. The minimum Gasteiger partial charge on any atom is -0.353 e. The number of amides is 1. The Morgan fingerprint density at radius 3 is 2.41 bits per heavy atom. The topological polar surface area (TPSA) is 61.4 Å². The van der Waals surface area contributed by atoms with Gasteiger partial charge in [-0.15, -0.1) is 10.2 Å². The minimum absolute atomic E-state index is 0.0105. The highest BCUT2D eigenvalue weighted by molar-refractivity contribution is 6.31. The number of carbonyl (C=O) groups is 1. The molecule has 10 heteroatoms. The molecule has 0 spiro atoms. The van der Waals surface area contributed by atoms with E-state index < -0.39 is 22.7 Å². The summed E-state index contributed by atoms with van der Waals surface area (Å²) < 4.78 is 38.7. The molecule has 1 aliphatic heterocycles. The Morgan fingerprint density at radius 2 is 1.81 bits per heavy atom. The molecule has 6 nitrogen and oxygen atoms in total. The number of carbonyl (C=O) groups excluding carboxylic acids is 1. The summed E-state index contributed by atoms with van der Waals surface area (Å²) in [7, 11) is 2.04. The van der Waals surface area contributed by atoms with Crippen LogP contribution in [0.4, 0.5) is 24.7 Å². The van der Waals surface area contributed by atoms with Crippen molar-refractivity contribution in [3.05, 3.63) is 46.6 Å².